The third kappa shape index (κ3) is 3.42. The first-order valence-corrected chi connectivity index (χ1v) is 9.57. The molecule has 1 aromatic carbocycles. The first-order valence-electron chi connectivity index (χ1n) is 9.57. The third-order valence-electron chi connectivity index (χ3n) is 5.60. The average molecular weight is 379 g/mol. The normalized spacial score (nSPS) is 16.7. The molecule has 2 aromatic heterocycles. The fraction of sp³-hybridized carbons (Fsp3) is 0.364. The van der Waals surface area contributed by atoms with Gasteiger partial charge in [0.15, 0.2) is 0 Å². The van der Waals surface area contributed by atoms with Gasteiger partial charge in [0.05, 0.1) is 13.0 Å². The number of fused-ring (bicyclic) bond motifs is 1. The summed E-state index contributed by atoms with van der Waals surface area (Å²) in [4.78, 5) is 26.6. The standard InChI is InChI=1S/C22H25N3O3/c1-15-10-18(12-21(26)24(15)3)28-17-8-9-25(14-17)22(27)11-16-13-23(2)20-7-5-4-6-19(16)20/h4-7,10,12-13,17H,8-9,11,14H2,1-3H3. The molecule has 1 fully saturated rings. The van der Waals surface area contributed by atoms with Crippen LogP contribution in [-0.4, -0.2) is 39.1 Å². The van der Waals surface area contributed by atoms with Gasteiger partial charge in [0.2, 0.25) is 5.91 Å². The molecule has 0 N–H and O–H groups in total. The fourth-order valence-electron chi connectivity index (χ4n) is 3.89. The maximum Gasteiger partial charge on any atom is 0.254 e. The van der Waals surface area contributed by atoms with Crippen molar-refractivity contribution in [2.24, 2.45) is 14.1 Å². The number of benzene rings is 1. The SMILES string of the molecule is Cc1cc(OC2CCN(C(=O)Cc3cn(C)c4ccccc34)C2)cc(=O)n1C. The maximum atomic E-state index is 12.8. The van der Waals surface area contributed by atoms with Crippen molar-refractivity contribution >= 4 is 16.8 Å². The third-order valence-corrected chi connectivity index (χ3v) is 5.60. The lowest BCUT2D eigenvalue weighted by molar-refractivity contribution is -0.129. The van der Waals surface area contributed by atoms with E-state index in [0.29, 0.717) is 25.3 Å². The van der Waals surface area contributed by atoms with Crippen molar-refractivity contribution in [2.45, 2.75) is 25.9 Å². The van der Waals surface area contributed by atoms with Gasteiger partial charge in [-0.2, -0.15) is 0 Å². The predicted molar refractivity (Wildman–Crippen MR) is 109 cm³/mol. The summed E-state index contributed by atoms with van der Waals surface area (Å²) in [6.07, 6.45) is 3.12. The van der Waals surface area contributed by atoms with Gasteiger partial charge in [-0.1, -0.05) is 18.2 Å². The second-order valence-electron chi connectivity index (χ2n) is 7.56. The van der Waals surface area contributed by atoms with Gasteiger partial charge >= 0.3 is 0 Å². The number of para-hydroxylation sites is 1. The Hall–Kier alpha value is -3.02. The van der Waals surface area contributed by atoms with Crippen LogP contribution in [-0.2, 0) is 25.3 Å². The van der Waals surface area contributed by atoms with E-state index in [4.69, 9.17) is 4.74 Å². The summed E-state index contributed by atoms with van der Waals surface area (Å²) in [5, 5.41) is 1.13. The second kappa shape index (κ2) is 7.19. The van der Waals surface area contributed by atoms with Crippen molar-refractivity contribution in [2.75, 3.05) is 13.1 Å². The zero-order valence-electron chi connectivity index (χ0n) is 16.5. The van der Waals surface area contributed by atoms with Crippen molar-refractivity contribution < 1.29 is 9.53 Å². The summed E-state index contributed by atoms with van der Waals surface area (Å²) in [6, 6.07) is 11.5. The summed E-state index contributed by atoms with van der Waals surface area (Å²) in [7, 11) is 3.74. The highest BCUT2D eigenvalue weighted by Crippen LogP contribution is 2.23. The van der Waals surface area contributed by atoms with Gasteiger partial charge in [0.1, 0.15) is 11.9 Å². The summed E-state index contributed by atoms with van der Waals surface area (Å²) >= 11 is 0. The number of aromatic nitrogens is 2. The minimum Gasteiger partial charge on any atom is -0.488 e. The first-order chi connectivity index (χ1) is 13.4. The van der Waals surface area contributed by atoms with Crippen LogP contribution >= 0.6 is 0 Å². The van der Waals surface area contributed by atoms with Crippen LogP contribution in [0.2, 0.25) is 0 Å². The summed E-state index contributed by atoms with van der Waals surface area (Å²) in [5.74, 6) is 0.691. The molecule has 1 aliphatic rings. The monoisotopic (exact) mass is 379 g/mol. The minimum absolute atomic E-state index is 0.0806. The Morgan fingerprint density at radius 1 is 1.21 bits per heavy atom. The largest absolute Gasteiger partial charge is 0.488 e. The molecule has 6 nitrogen and oxygen atoms in total. The van der Waals surface area contributed by atoms with E-state index in [1.54, 1.807) is 11.6 Å². The highest BCUT2D eigenvalue weighted by atomic mass is 16.5. The number of hydrogen-bond acceptors (Lipinski definition) is 3. The lowest BCUT2D eigenvalue weighted by Gasteiger charge is -2.17. The molecule has 1 atom stereocenters. The van der Waals surface area contributed by atoms with E-state index in [1.165, 1.54) is 6.07 Å². The number of pyridine rings is 1. The Morgan fingerprint density at radius 3 is 2.79 bits per heavy atom. The Balaban J connectivity index is 1.42. The predicted octanol–water partition coefficient (Wildman–Crippen LogP) is 2.41. The molecule has 1 saturated heterocycles. The molecule has 4 rings (SSSR count). The number of amides is 1. The molecule has 0 radical (unpaired) electrons. The summed E-state index contributed by atoms with van der Waals surface area (Å²) in [5.41, 5.74) is 2.95. The molecule has 0 aliphatic carbocycles. The number of aryl methyl sites for hydroxylation is 2. The van der Waals surface area contributed by atoms with Crippen molar-refractivity contribution in [3.05, 3.63) is 64.2 Å². The average Bonchev–Trinajstić information content (AvgIpc) is 3.25. The first kappa shape index (κ1) is 18.3. The van der Waals surface area contributed by atoms with Crippen molar-refractivity contribution in [3.8, 4) is 5.75 Å². The quantitative estimate of drug-likeness (QED) is 0.700. The molecular weight excluding hydrogens is 354 g/mol. The Bertz CT molecular complexity index is 1100. The van der Waals surface area contributed by atoms with Crippen molar-refractivity contribution in [1.29, 1.82) is 0 Å². The smallest absolute Gasteiger partial charge is 0.254 e. The van der Waals surface area contributed by atoms with Crippen LogP contribution < -0.4 is 10.3 Å². The molecule has 1 aliphatic heterocycles. The van der Waals surface area contributed by atoms with E-state index in [1.807, 2.05) is 43.3 Å². The Kier molecular flexibility index (Phi) is 4.71. The molecule has 28 heavy (non-hydrogen) atoms. The molecule has 3 heterocycles. The van der Waals surface area contributed by atoms with Gasteiger partial charge in [0, 0.05) is 55.9 Å². The van der Waals surface area contributed by atoms with Gasteiger partial charge in [-0.05, 0) is 24.6 Å². The molecule has 146 valence electrons. The molecular formula is C22H25N3O3. The van der Waals surface area contributed by atoms with E-state index in [-0.39, 0.29) is 17.6 Å². The van der Waals surface area contributed by atoms with E-state index >= 15 is 0 Å². The fourth-order valence-corrected chi connectivity index (χ4v) is 3.89. The molecule has 3 aromatic rings. The number of rotatable bonds is 4. The van der Waals surface area contributed by atoms with Crippen LogP contribution in [0.25, 0.3) is 10.9 Å². The Morgan fingerprint density at radius 2 is 2.00 bits per heavy atom. The molecule has 1 unspecified atom stereocenters. The topological polar surface area (TPSA) is 56.5 Å². The molecule has 6 heteroatoms. The number of carbonyl (C=O) groups is 1. The number of likely N-dealkylation sites (tertiary alicyclic amines) is 1. The van der Waals surface area contributed by atoms with Gasteiger partial charge < -0.3 is 18.8 Å². The highest BCUT2D eigenvalue weighted by Gasteiger charge is 2.28. The number of carbonyl (C=O) groups excluding carboxylic acids is 1. The zero-order chi connectivity index (χ0) is 19.8. The van der Waals surface area contributed by atoms with Crippen LogP contribution in [0.4, 0.5) is 0 Å². The maximum absolute atomic E-state index is 12.8. The zero-order valence-corrected chi connectivity index (χ0v) is 16.5. The van der Waals surface area contributed by atoms with E-state index in [9.17, 15) is 9.59 Å². The molecule has 0 spiro atoms. The van der Waals surface area contributed by atoms with Gasteiger partial charge in [-0.25, -0.2) is 0 Å². The van der Waals surface area contributed by atoms with Crippen LogP contribution in [0.3, 0.4) is 0 Å². The van der Waals surface area contributed by atoms with Crippen LogP contribution in [0.5, 0.6) is 5.75 Å². The summed E-state index contributed by atoms with van der Waals surface area (Å²) in [6.45, 7) is 3.11. The van der Waals surface area contributed by atoms with Gasteiger partial charge in [-0.3, -0.25) is 9.59 Å². The van der Waals surface area contributed by atoms with Crippen molar-refractivity contribution in [1.82, 2.24) is 14.0 Å². The van der Waals surface area contributed by atoms with Crippen LogP contribution in [0.1, 0.15) is 17.7 Å². The molecule has 0 saturated carbocycles. The highest BCUT2D eigenvalue weighted by molar-refractivity contribution is 5.89. The minimum atomic E-state index is -0.0862. The van der Waals surface area contributed by atoms with E-state index < -0.39 is 0 Å². The molecule has 1 amide bonds. The lowest BCUT2D eigenvalue weighted by Crippen LogP contribution is -2.32. The second-order valence-corrected chi connectivity index (χ2v) is 7.56. The number of ether oxygens (including phenoxy) is 1. The van der Waals surface area contributed by atoms with E-state index in [0.717, 1.165) is 28.6 Å². The van der Waals surface area contributed by atoms with Crippen LogP contribution in [0, 0.1) is 6.92 Å². The van der Waals surface area contributed by atoms with Gasteiger partial charge in [-0.15, -0.1) is 0 Å². The molecule has 0 bridgehead atoms. The van der Waals surface area contributed by atoms with E-state index in [2.05, 4.69) is 16.7 Å². The van der Waals surface area contributed by atoms with Gasteiger partial charge in [0.25, 0.3) is 5.56 Å². The summed E-state index contributed by atoms with van der Waals surface area (Å²) < 4.78 is 9.63. The number of nitrogens with zero attached hydrogens (tertiary/aromatic N) is 3. The van der Waals surface area contributed by atoms with Crippen molar-refractivity contribution in [3.63, 3.8) is 0 Å². The Labute approximate surface area is 163 Å². The van der Waals surface area contributed by atoms with Crippen LogP contribution in [0.15, 0.2) is 47.4 Å². The lowest BCUT2D eigenvalue weighted by atomic mass is 10.1. The number of hydrogen-bond donors (Lipinski definition) is 0.